The first-order valence-electron chi connectivity index (χ1n) is 9.43. The van der Waals surface area contributed by atoms with E-state index in [4.69, 9.17) is 27.8 Å². The normalized spacial score (nSPS) is 15.2. The average molecular weight is 474 g/mol. The molecule has 11 heteroatoms. The van der Waals surface area contributed by atoms with Crippen LogP contribution in [0.15, 0.2) is 24.4 Å². The summed E-state index contributed by atoms with van der Waals surface area (Å²) in [7, 11) is -4.39. The second-order valence-corrected chi connectivity index (χ2v) is 9.49. The van der Waals surface area contributed by atoms with Crippen LogP contribution in [0.4, 0.5) is 0 Å². The molecule has 1 heterocycles. The Hall–Kier alpha value is -1.94. The van der Waals surface area contributed by atoms with Crippen LogP contribution in [0.25, 0.3) is 0 Å². The van der Waals surface area contributed by atoms with Gasteiger partial charge in [0.15, 0.2) is 17.4 Å². The van der Waals surface area contributed by atoms with Gasteiger partial charge in [-0.05, 0) is 25.0 Å². The lowest BCUT2D eigenvalue weighted by Gasteiger charge is -2.22. The lowest BCUT2D eigenvalue weighted by molar-refractivity contribution is 0.0921. The molecule has 1 saturated carbocycles. The van der Waals surface area contributed by atoms with E-state index >= 15 is 0 Å². The molecule has 30 heavy (non-hydrogen) atoms. The molecular formula is C19H21Cl2N3O5S. The number of aromatic nitrogens is 2. The monoisotopic (exact) mass is 473 g/mol. The second-order valence-electron chi connectivity index (χ2n) is 7.26. The van der Waals surface area contributed by atoms with Crippen LogP contribution in [0.1, 0.15) is 58.5 Å². The zero-order valence-electron chi connectivity index (χ0n) is 16.0. The van der Waals surface area contributed by atoms with Crippen molar-refractivity contribution in [2.45, 2.75) is 50.4 Å². The molecule has 0 bridgehead atoms. The maximum absolute atomic E-state index is 12.8. The Bertz CT molecular complexity index is 1040. The molecule has 162 valence electrons. The third kappa shape index (κ3) is 5.81. The van der Waals surface area contributed by atoms with E-state index in [0.29, 0.717) is 0 Å². The highest BCUT2D eigenvalue weighted by Crippen LogP contribution is 2.26. The van der Waals surface area contributed by atoms with Crippen molar-refractivity contribution in [3.05, 3.63) is 51.3 Å². The van der Waals surface area contributed by atoms with Crippen LogP contribution in [0.5, 0.6) is 0 Å². The fourth-order valence-electron chi connectivity index (χ4n) is 3.54. The Balaban J connectivity index is 1.89. The molecule has 1 aromatic carbocycles. The van der Waals surface area contributed by atoms with Gasteiger partial charge < -0.3 is 5.32 Å². The van der Waals surface area contributed by atoms with Crippen molar-refractivity contribution >= 4 is 45.0 Å². The van der Waals surface area contributed by atoms with Crippen molar-refractivity contribution < 1.29 is 22.6 Å². The first kappa shape index (κ1) is 22.7. The van der Waals surface area contributed by atoms with E-state index in [0.717, 1.165) is 36.8 Å². The van der Waals surface area contributed by atoms with E-state index in [-0.39, 0.29) is 39.3 Å². The largest absolute Gasteiger partial charge is 0.348 e. The van der Waals surface area contributed by atoms with Crippen LogP contribution in [0.3, 0.4) is 0 Å². The summed E-state index contributed by atoms with van der Waals surface area (Å²) >= 11 is 12.2. The Kier molecular flexibility index (Phi) is 7.18. The Morgan fingerprint density at radius 3 is 2.40 bits per heavy atom. The van der Waals surface area contributed by atoms with Gasteiger partial charge in [0.25, 0.3) is 16.0 Å². The number of amides is 1. The lowest BCUT2D eigenvalue weighted by atomic mass is 9.95. The summed E-state index contributed by atoms with van der Waals surface area (Å²) in [6.45, 7) is 0. The van der Waals surface area contributed by atoms with Crippen LogP contribution < -0.4 is 5.32 Å². The summed E-state index contributed by atoms with van der Waals surface area (Å²) < 4.78 is 32.5. The smallest absolute Gasteiger partial charge is 0.285 e. The maximum Gasteiger partial charge on any atom is 0.285 e. The first-order valence-corrected chi connectivity index (χ1v) is 11.8. The fourth-order valence-corrected chi connectivity index (χ4v) is 4.62. The van der Waals surface area contributed by atoms with Crippen LogP contribution >= 0.6 is 23.2 Å². The molecule has 2 aromatic rings. The maximum atomic E-state index is 12.8. The van der Waals surface area contributed by atoms with Gasteiger partial charge >= 0.3 is 0 Å². The summed E-state index contributed by atoms with van der Waals surface area (Å²) in [5.74, 6) is -1.77. The van der Waals surface area contributed by atoms with Gasteiger partial charge in [-0.25, -0.2) is 0 Å². The summed E-state index contributed by atoms with van der Waals surface area (Å²) in [6.07, 6.45) is 5.83. The topological polar surface area (TPSA) is 118 Å². The molecule has 0 aliphatic heterocycles. The summed E-state index contributed by atoms with van der Waals surface area (Å²) in [5.41, 5.74) is 0.260. The highest BCUT2D eigenvalue weighted by atomic mass is 35.5. The fraction of sp³-hybridized carbons (Fsp3) is 0.421. The molecule has 1 fully saturated rings. The van der Waals surface area contributed by atoms with E-state index in [1.54, 1.807) is 6.07 Å². The minimum atomic E-state index is -4.39. The third-order valence-electron chi connectivity index (χ3n) is 4.88. The van der Waals surface area contributed by atoms with Gasteiger partial charge in [0, 0.05) is 24.2 Å². The standard InChI is InChI=1S/C19H21Cl2N3O5S/c20-14-7-4-8-15(21)17(14)16(25)9-12-10-24(11-30(27,28)29)23-18(12)19(26)22-13-5-2-1-3-6-13/h4,7-8,10,13H,1-3,5-6,9,11H2,(H,22,26)(H,27,28,29). The zero-order valence-corrected chi connectivity index (χ0v) is 18.3. The van der Waals surface area contributed by atoms with Crippen molar-refractivity contribution in [2.24, 2.45) is 0 Å². The van der Waals surface area contributed by atoms with Gasteiger partial charge in [-0.3, -0.25) is 18.8 Å². The van der Waals surface area contributed by atoms with Gasteiger partial charge in [0.1, 0.15) is 0 Å². The molecule has 8 nitrogen and oxygen atoms in total. The van der Waals surface area contributed by atoms with E-state index in [2.05, 4.69) is 10.4 Å². The summed E-state index contributed by atoms with van der Waals surface area (Å²) in [6, 6.07) is 4.66. The quantitative estimate of drug-likeness (QED) is 0.468. The molecule has 2 N–H and O–H groups in total. The van der Waals surface area contributed by atoms with Crippen LogP contribution in [0.2, 0.25) is 10.0 Å². The molecule has 1 amide bonds. The number of carbonyl (C=O) groups is 2. The number of Topliss-reactive ketones (excluding diaryl/α,β-unsaturated/α-hetero) is 1. The number of nitrogens with zero attached hydrogens (tertiary/aromatic N) is 2. The van der Waals surface area contributed by atoms with Gasteiger partial charge in [0.05, 0.1) is 15.6 Å². The van der Waals surface area contributed by atoms with Crippen LogP contribution in [0, 0.1) is 0 Å². The minimum absolute atomic E-state index is 0.000428. The Morgan fingerprint density at radius 1 is 1.17 bits per heavy atom. The lowest BCUT2D eigenvalue weighted by Crippen LogP contribution is -2.37. The molecule has 1 aliphatic rings. The number of hydrogen-bond donors (Lipinski definition) is 2. The number of benzene rings is 1. The average Bonchev–Trinajstić information content (AvgIpc) is 3.02. The van der Waals surface area contributed by atoms with Crippen molar-refractivity contribution in [2.75, 3.05) is 0 Å². The highest BCUT2D eigenvalue weighted by molar-refractivity contribution is 7.84. The van der Waals surface area contributed by atoms with Gasteiger partial charge in [-0.1, -0.05) is 48.5 Å². The number of hydrogen-bond acceptors (Lipinski definition) is 5. The van der Waals surface area contributed by atoms with E-state index in [1.807, 2.05) is 0 Å². The number of ketones is 1. The first-order chi connectivity index (χ1) is 14.1. The predicted octanol–water partition coefficient (Wildman–Crippen LogP) is 3.52. The number of carbonyl (C=O) groups excluding carboxylic acids is 2. The van der Waals surface area contributed by atoms with Crippen molar-refractivity contribution in [3.63, 3.8) is 0 Å². The molecule has 3 rings (SSSR count). The zero-order chi connectivity index (χ0) is 21.9. The highest BCUT2D eigenvalue weighted by Gasteiger charge is 2.25. The van der Waals surface area contributed by atoms with Crippen molar-refractivity contribution in [1.29, 1.82) is 0 Å². The third-order valence-corrected chi connectivity index (χ3v) is 6.10. The minimum Gasteiger partial charge on any atom is -0.348 e. The molecule has 0 atom stereocenters. The molecule has 1 aliphatic carbocycles. The van der Waals surface area contributed by atoms with Crippen LogP contribution in [-0.2, 0) is 22.4 Å². The molecule has 0 saturated heterocycles. The van der Waals surface area contributed by atoms with Crippen molar-refractivity contribution in [1.82, 2.24) is 15.1 Å². The summed E-state index contributed by atoms with van der Waals surface area (Å²) in [4.78, 5) is 25.6. The van der Waals surface area contributed by atoms with Gasteiger partial charge in [-0.2, -0.15) is 13.5 Å². The Morgan fingerprint density at radius 2 is 1.80 bits per heavy atom. The SMILES string of the molecule is O=C(NC1CCCCC1)c1nn(CS(=O)(=O)O)cc1CC(=O)c1c(Cl)cccc1Cl. The molecule has 0 unspecified atom stereocenters. The number of halogens is 2. The molecular weight excluding hydrogens is 453 g/mol. The van der Waals surface area contributed by atoms with E-state index in [9.17, 15) is 18.0 Å². The van der Waals surface area contributed by atoms with Gasteiger partial charge in [-0.15, -0.1) is 0 Å². The van der Waals surface area contributed by atoms with Crippen LogP contribution in [-0.4, -0.2) is 40.5 Å². The molecule has 0 radical (unpaired) electrons. The molecule has 0 spiro atoms. The second kappa shape index (κ2) is 9.47. The predicted molar refractivity (Wildman–Crippen MR) is 113 cm³/mol. The van der Waals surface area contributed by atoms with Crippen molar-refractivity contribution in [3.8, 4) is 0 Å². The number of nitrogens with one attached hydrogen (secondary N) is 1. The van der Waals surface area contributed by atoms with E-state index < -0.39 is 27.7 Å². The van der Waals surface area contributed by atoms with Gasteiger partial charge in [0.2, 0.25) is 0 Å². The molecule has 1 aromatic heterocycles. The Labute approximate surface area is 184 Å². The van der Waals surface area contributed by atoms with E-state index in [1.165, 1.54) is 18.3 Å². The summed E-state index contributed by atoms with van der Waals surface area (Å²) in [5, 5.41) is 7.24. The number of rotatable bonds is 7.